The maximum Gasteiger partial charge on any atom is 0.267 e. The molecule has 0 aliphatic carbocycles. The van der Waals surface area contributed by atoms with Crippen LogP contribution in [-0.2, 0) is 11.3 Å². The predicted octanol–water partition coefficient (Wildman–Crippen LogP) is 3.03. The lowest BCUT2D eigenvalue weighted by Crippen LogP contribution is -2.16. The highest BCUT2D eigenvalue weighted by Crippen LogP contribution is 2.13. The van der Waals surface area contributed by atoms with E-state index in [1.54, 1.807) is 31.4 Å². The van der Waals surface area contributed by atoms with Crippen molar-refractivity contribution in [2.24, 2.45) is 0 Å². The van der Waals surface area contributed by atoms with E-state index in [0.717, 1.165) is 11.3 Å². The topological polar surface area (TPSA) is 91.2 Å². The van der Waals surface area contributed by atoms with Gasteiger partial charge in [0.25, 0.3) is 5.91 Å². The van der Waals surface area contributed by atoms with Crippen molar-refractivity contribution in [3.8, 4) is 11.8 Å². The Morgan fingerprint density at radius 1 is 1.19 bits per heavy atom. The van der Waals surface area contributed by atoms with Crippen LogP contribution in [0.5, 0.6) is 5.75 Å². The molecule has 132 valence electrons. The van der Waals surface area contributed by atoms with Gasteiger partial charge in [0, 0.05) is 24.0 Å². The molecule has 2 aromatic rings. The van der Waals surface area contributed by atoms with Gasteiger partial charge >= 0.3 is 0 Å². The molecule has 0 saturated heterocycles. The molecule has 0 spiro atoms. The van der Waals surface area contributed by atoms with E-state index in [-0.39, 0.29) is 11.4 Å². The van der Waals surface area contributed by atoms with Crippen molar-refractivity contribution in [2.45, 2.75) is 13.5 Å². The minimum Gasteiger partial charge on any atom is -0.497 e. The van der Waals surface area contributed by atoms with Crippen LogP contribution in [0.25, 0.3) is 0 Å². The van der Waals surface area contributed by atoms with Gasteiger partial charge in [-0.25, -0.2) is 0 Å². The zero-order valence-electron chi connectivity index (χ0n) is 14.6. The number of anilines is 1. The monoisotopic (exact) mass is 349 g/mol. The van der Waals surface area contributed by atoms with E-state index in [9.17, 15) is 14.9 Å². The molecule has 0 saturated carbocycles. The summed E-state index contributed by atoms with van der Waals surface area (Å²) in [7, 11) is 1.59. The second-order valence-corrected chi connectivity index (χ2v) is 5.49. The number of nitriles is 1. The molecular weight excluding hydrogens is 330 g/mol. The molecule has 1 amide bonds. The molecule has 6 nitrogen and oxygen atoms in total. The Kier molecular flexibility index (Phi) is 6.52. The molecule has 0 bridgehead atoms. The average Bonchev–Trinajstić information content (AvgIpc) is 2.65. The second-order valence-electron chi connectivity index (χ2n) is 5.49. The number of Topliss-reactive ketones (excluding diaryl/α,β-unsaturated/α-hetero) is 1. The Bertz CT molecular complexity index is 865. The zero-order chi connectivity index (χ0) is 18.9. The van der Waals surface area contributed by atoms with Gasteiger partial charge in [-0.2, -0.15) is 5.26 Å². The minimum absolute atomic E-state index is 0.0523. The summed E-state index contributed by atoms with van der Waals surface area (Å²) in [5, 5.41) is 14.8. The van der Waals surface area contributed by atoms with Crippen LogP contribution in [0.2, 0.25) is 0 Å². The van der Waals surface area contributed by atoms with Crippen LogP contribution in [0.1, 0.15) is 22.8 Å². The highest BCUT2D eigenvalue weighted by molar-refractivity contribution is 6.06. The molecule has 6 heteroatoms. The summed E-state index contributed by atoms with van der Waals surface area (Å²) in [5.41, 5.74) is 1.97. The van der Waals surface area contributed by atoms with Gasteiger partial charge in [-0.1, -0.05) is 12.1 Å². The third-order valence-corrected chi connectivity index (χ3v) is 3.60. The first-order chi connectivity index (χ1) is 12.5. The molecule has 0 atom stereocenters. The lowest BCUT2D eigenvalue weighted by atomic mass is 10.1. The molecule has 0 unspecified atom stereocenters. The highest BCUT2D eigenvalue weighted by atomic mass is 16.5. The van der Waals surface area contributed by atoms with Crippen molar-refractivity contribution >= 4 is 17.4 Å². The van der Waals surface area contributed by atoms with Gasteiger partial charge in [-0.05, 0) is 48.9 Å². The number of ether oxygens (including phenoxy) is 1. The number of benzene rings is 2. The van der Waals surface area contributed by atoms with Gasteiger partial charge in [-0.3, -0.25) is 9.59 Å². The predicted molar refractivity (Wildman–Crippen MR) is 98.6 cm³/mol. The van der Waals surface area contributed by atoms with Gasteiger partial charge in [0.2, 0.25) is 0 Å². The zero-order valence-corrected chi connectivity index (χ0v) is 14.6. The normalized spacial score (nSPS) is 10.6. The summed E-state index contributed by atoms with van der Waals surface area (Å²) in [4.78, 5) is 23.4. The summed E-state index contributed by atoms with van der Waals surface area (Å²) < 4.78 is 5.15. The molecule has 0 aromatic heterocycles. The number of nitrogens with zero attached hydrogens (tertiary/aromatic N) is 1. The van der Waals surface area contributed by atoms with Crippen molar-refractivity contribution < 1.29 is 14.3 Å². The summed E-state index contributed by atoms with van der Waals surface area (Å²) in [6.07, 6.45) is 1.37. The van der Waals surface area contributed by atoms with Crippen LogP contribution in [0.3, 0.4) is 0 Å². The number of rotatable bonds is 7. The third kappa shape index (κ3) is 5.21. The van der Waals surface area contributed by atoms with Crippen LogP contribution in [0.4, 0.5) is 5.69 Å². The Labute approximate surface area is 152 Å². The Hall–Kier alpha value is -3.59. The van der Waals surface area contributed by atoms with Crippen LogP contribution in [0.15, 0.2) is 60.3 Å². The molecular formula is C20H19N3O3. The molecule has 2 aromatic carbocycles. The summed E-state index contributed by atoms with van der Waals surface area (Å²) in [6, 6.07) is 15.8. The fourth-order valence-corrected chi connectivity index (χ4v) is 2.19. The SMILES string of the molecule is COc1cccc(CN/C=C(/C#N)C(=O)Nc2ccc(C(C)=O)cc2)c1. The largest absolute Gasteiger partial charge is 0.497 e. The van der Waals surface area contributed by atoms with Crippen molar-refractivity contribution in [1.82, 2.24) is 5.32 Å². The first-order valence-electron chi connectivity index (χ1n) is 7.92. The van der Waals surface area contributed by atoms with Crippen LogP contribution in [-0.4, -0.2) is 18.8 Å². The van der Waals surface area contributed by atoms with Crippen molar-refractivity contribution in [3.63, 3.8) is 0 Å². The lowest BCUT2D eigenvalue weighted by Gasteiger charge is -2.07. The molecule has 2 rings (SSSR count). The lowest BCUT2D eigenvalue weighted by molar-refractivity contribution is -0.112. The maximum absolute atomic E-state index is 12.2. The fourth-order valence-electron chi connectivity index (χ4n) is 2.19. The van der Waals surface area contributed by atoms with E-state index < -0.39 is 5.91 Å². The van der Waals surface area contributed by atoms with Crippen LogP contribution < -0.4 is 15.4 Å². The van der Waals surface area contributed by atoms with E-state index in [1.165, 1.54) is 13.1 Å². The minimum atomic E-state index is -0.527. The average molecular weight is 349 g/mol. The van der Waals surface area contributed by atoms with E-state index in [0.29, 0.717) is 17.8 Å². The first kappa shape index (κ1) is 18.7. The van der Waals surface area contributed by atoms with E-state index >= 15 is 0 Å². The number of hydrogen-bond donors (Lipinski definition) is 2. The number of nitrogens with one attached hydrogen (secondary N) is 2. The molecule has 0 aliphatic heterocycles. The quantitative estimate of drug-likeness (QED) is 0.455. The number of methoxy groups -OCH3 is 1. The smallest absolute Gasteiger partial charge is 0.267 e. The Balaban J connectivity index is 1.97. The van der Waals surface area contributed by atoms with Gasteiger partial charge < -0.3 is 15.4 Å². The van der Waals surface area contributed by atoms with Gasteiger partial charge in [0.15, 0.2) is 5.78 Å². The maximum atomic E-state index is 12.2. The molecule has 2 N–H and O–H groups in total. The molecule has 26 heavy (non-hydrogen) atoms. The third-order valence-electron chi connectivity index (χ3n) is 3.60. The highest BCUT2D eigenvalue weighted by Gasteiger charge is 2.09. The van der Waals surface area contributed by atoms with E-state index in [2.05, 4.69) is 10.6 Å². The molecule has 0 radical (unpaired) electrons. The summed E-state index contributed by atoms with van der Waals surface area (Å²) in [5.74, 6) is 0.156. The fraction of sp³-hybridized carbons (Fsp3) is 0.150. The van der Waals surface area contributed by atoms with Crippen LogP contribution in [0, 0.1) is 11.3 Å². The molecule has 0 fully saturated rings. The number of carbonyl (C=O) groups is 2. The number of amides is 1. The van der Waals surface area contributed by atoms with E-state index in [1.807, 2.05) is 30.3 Å². The molecule has 0 aliphatic rings. The Morgan fingerprint density at radius 2 is 1.92 bits per heavy atom. The van der Waals surface area contributed by atoms with Gasteiger partial charge in [-0.15, -0.1) is 0 Å². The summed E-state index contributed by atoms with van der Waals surface area (Å²) in [6.45, 7) is 1.92. The van der Waals surface area contributed by atoms with Crippen molar-refractivity contribution in [2.75, 3.05) is 12.4 Å². The van der Waals surface area contributed by atoms with Crippen LogP contribution >= 0.6 is 0 Å². The van der Waals surface area contributed by atoms with Gasteiger partial charge in [0.05, 0.1) is 7.11 Å². The number of ketones is 1. The van der Waals surface area contributed by atoms with Gasteiger partial charge in [0.1, 0.15) is 17.4 Å². The van der Waals surface area contributed by atoms with Crippen molar-refractivity contribution in [1.29, 1.82) is 5.26 Å². The Morgan fingerprint density at radius 3 is 2.54 bits per heavy atom. The first-order valence-corrected chi connectivity index (χ1v) is 7.92. The van der Waals surface area contributed by atoms with E-state index in [4.69, 9.17) is 4.74 Å². The van der Waals surface area contributed by atoms with Crippen molar-refractivity contribution in [3.05, 3.63) is 71.4 Å². The summed E-state index contributed by atoms with van der Waals surface area (Å²) >= 11 is 0. The standard InChI is InChI=1S/C20H19N3O3/c1-14(24)16-6-8-18(9-7-16)23-20(25)17(11-21)13-22-12-15-4-3-5-19(10-15)26-2/h3-10,13,22H,12H2,1-2H3,(H,23,25)/b17-13-. The number of carbonyl (C=O) groups excluding carboxylic acids is 2. The molecule has 0 heterocycles. The second kappa shape index (κ2) is 9.04. The number of hydrogen-bond acceptors (Lipinski definition) is 5.